The van der Waals surface area contributed by atoms with Gasteiger partial charge in [-0.1, -0.05) is 44.2 Å². The summed E-state index contributed by atoms with van der Waals surface area (Å²) < 4.78 is 17.4. The van der Waals surface area contributed by atoms with Crippen LogP contribution in [0.25, 0.3) is 0 Å². The van der Waals surface area contributed by atoms with Crippen LogP contribution in [-0.4, -0.2) is 31.1 Å². The van der Waals surface area contributed by atoms with Gasteiger partial charge in [-0.25, -0.2) is 0 Å². The molecule has 36 heavy (non-hydrogen) atoms. The summed E-state index contributed by atoms with van der Waals surface area (Å²) in [4.78, 5) is 25.7. The Bertz CT molecular complexity index is 1160. The number of amides is 2. The third-order valence-electron chi connectivity index (χ3n) is 5.45. The highest BCUT2D eigenvalue weighted by Crippen LogP contribution is 2.37. The minimum absolute atomic E-state index is 0.277. The number of nitrogens with one attached hydrogen (secondary N) is 2. The van der Waals surface area contributed by atoms with Crippen molar-refractivity contribution in [2.75, 3.05) is 23.8 Å². The highest BCUT2D eigenvalue weighted by Gasteiger charge is 2.20. The molecular formula is C29H34N2O5. The highest BCUT2D eigenvalue weighted by atomic mass is 16.5. The second kappa shape index (κ2) is 12.6. The van der Waals surface area contributed by atoms with Crippen molar-refractivity contribution < 1.29 is 23.8 Å². The van der Waals surface area contributed by atoms with Crippen molar-refractivity contribution in [3.63, 3.8) is 0 Å². The number of carbonyl (C=O) groups is 2. The Morgan fingerprint density at radius 1 is 0.778 bits per heavy atom. The molecule has 2 amide bonds. The highest BCUT2D eigenvalue weighted by molar-refractivity contribution is 6.05. The lowest BCUT2D eigenvalue weighted by Crippen LogP contribution is -2.30. The molecule has 7 heteroatoms. The second-order valence-electron chi connectivity index (χ2n) is 8.50. The van der Waals surface area contributed by atoms with E-state index in [0.717, 1.165) is 0 Å². The third-order valence-corrected chi connectivity index (χ3v) is 5.45. The van der Waals surface area contributed by atoms with Crippen molar-refractivity contribution in [2.45, 2.75) is 46.6 Å². The third kappa shape index (κ3) is 7.01. The minimum atomic E-state index is -0.752. The van der Waals surface area contributed by atoms with Gasteiger partial charge in [-0.15, -0.1) is 0 Å². The van der Waals surface area contributed by atoms with Crippen molar-refractivity contribution in [1.29, 1.82) is 0 Å². The molecule has 3 aromatic rings. The van der Waals surface area contributed by atoms with Crippen LogP contribution in [0.1, 0.15) is 56.5 Å². The van der Waals surface area contributed by atoms with Gasteiger partial charge >= 0.3 is 0 Å². The first kappa shape index (κ1) is 26.6. The van der Waals surface area contributed by atoms with Gasteiger partial charge in [0.25, 0.3) is 11.8 Å². The summed E-state index contributed by atoms with van der Waals surface area (Å²) in [5.74, 6) is 1.23. The maximum absolute atomic E-state index is 13.0. The Morgan fingerprint density at radius 3 is 1.86 bits per heavy atom. The molecule has 0 aliphatic heterocycles. The van der Waals surface area contributed by atoms with Gasteiger partial charge in [0.15, 0.2) is 6.10 Å². The van der Waals surface area contributed by atoms with E-state index in [4.69, 9.17) is 14.2 Å². The van der Waals surface area contributed by atoms with E-state index >= 15 is 0 Å². The van der Waals surface area contributed by atoms with E-state index in [0.29, 0.717) is 53.3 Å². The fourth-order valence-electron chi connectivity index (χ4n) is 3.51. The average molecular weight is 491 g/mol. The van der Waals surface area contributed by atoms with Gasteiger partial charge in [0.1, 0.15) is 17.2 Å². The van der Waals surface area contributed by atoms with E-state index in [1.807, 2.05) is 44.2 Å². The van der Waals surface area contributed by atoms with Gasteiger partial charge in [0.2, 0.25) is 0 Å². The van der Waals surface area contributed by atoms with E-state index < -0.39 is 6.10 Å². The van der Waals surface area contributed by atoms with Gasteiger partial charge in [-0.05, 0) is 56.5 Å². The normalized spacial score (nSPS) is 11.5. The smallest absolute Gasteiger partial charge is 0.265 e. The molecule has 0 spiro atoms. The van der Waals surface area contributed by atoms with Gasteiger partial charge < -0.3 is 24.8 Å². The first-order chi connectivity index (χ1) is 17.3. The number of hydrogen-bond donors (Lipinski definition) is 2. The fraction of sp³-hybridized carbons (Fsp3) is 0.310. The lowest BCUT2D eigenvalue weighted by Gasteiger charge is -2.20. The van der Waals surface area contributed by atoms with Crippen LogP contribution in [0.3, 0.4) is 0 Å². The van der Waals surface area contributed by atoms with Crippen LogP contribution in [0.2, 0.25) is 0 Å². The molecule has 0 radical (unpaired) electrons. The number of anilines is 2. The zero-order valence-corrected chi connectivity index (χ0v) is 21.5. The molecule has 3 rings (SSSR count). The predicted octanol–water partition coefficient (Wildman–Crippen LogP) is 6.27. The number of ether oxygens (including phenoxy) is 3. The van der Waals surface area contributed by atoms with Crippen LogP contribution in [0.5, 0.6) is 17.2 Å². The van der Waals surface area contributed by atoms with Crippen LogP contribution < -0.4 is 24.8 Å². The molecule has 1 atom stereocenters. The Labute approximate surface area is 212 Å². The topological polar surface area (TPSA) is 85.9 Å². The summed E-state index contributed by atoms with van der Waals surface area (Å²) in [6, 6.07) is 19.9. The predicted molar refractivity (Wildman–Crippen MR) is 142 cm³/mol. The molecule has 0 aromatic heterocycles. The zero-order chi connectivity index (χ0) is 26.1. The summed E-state index contributed by atoms with van der Waals surface area (Å²) in [5.41, 5.74) is 2.58. The van der Waals surface area contributed by atoms with E-state index in [1.54, 1.807) is 43.3 Å². The molecule has 0 aliphatic carbocycles. The summed E-state index contributed by atoms with van der Waals surface area (Å²) in [6.07, 6.45) is -0.752. The SMILES string of the molecule is CCOc1cc(NC(=O)C(C)Oc2ccc(C(C)C)cc2)c(OCC)cc1NC(=O)c1ccccc1. The van der Waals surface area contributed by atoms with Crippen LogP contribution in [0, 0.1) is 0 Å². The van der Waals surface area contributed by atoms with Gasteiger partial charge in [-0.3, -0.25) is 9.59 Å². The molecule has 0 heterocycles. The van der Waals surface area contributed by atoms with Gasteiger partial charge in [0.05, 0.1) is 24.6 Å². The second-order valence-corrected chi connectivity index (χ2v) is 8.50. The molecule has 0 bridgehead atoms. The molecule has 7 nitrogen and oxygen atoms in total. The van der Waals surface area contributed by atoms with Crippen molar-refractivity contribution in [2.24, 2.45) is 0 Å². The number of hydrogen-bond acceptors (Lipinski definition) is 5. The maximum Gasteiger partial charge on any atom is 0.265 e. The molecule has 0 aliphatic rings. The standard InChI is InChI=1S/C29H34N2O5/c1-6-34-26-18-25(31-29(33)22-11-9-8-10-12-22)27(35-7-2)17-24(26)30-28(32)20(5)36-23-15-13-21(14-16-23)19(3)4/h8-20H,6-7H2,1-5H3,(H,30,32)(H,31,33). The van der Waals surface area contributed by atoms with Crippen molar-refractivity contribution in [1.82, 2.24) is 0 Å². The largest absolute Gasteiger partial charge is 0.492 e. The molecule has 0 saturated heterocycles. The van der Waals surface area contributed by atoms with Crippen LogP contribution >= 0.6 is 0 Å². The molecule has 0 saturated carbocycles. The van der Waals surface area contributed by atoms with Crippen LogP contribution in [0.15, 0.2) is 66.7 Å². The van der Waals surface area contributed by atoms with E-state index in [9.17, 15) is 9.59 Å². The molecule has 1 unspecified atom stereocenters. The van der Waals surface area contributed by atoms with E-state index in [2.05, 4.69) is 24.5 Å². The molecule has 190 valence electrons. The van der Waals surface area contributed by atoms with E-state index in [1.165, 1.54) is 5.56 Å². The number of benzene rings is 3. The Morgan fingerprint density at radius 2 is 1.33 bits per heavy atom. The lowest BCUT2D eigenvalue weighted by atomic mass is 10.0. The first-order valence-corrected chi connectivity index (χ1v) is 12.2. The monoisotopic (exact) mass is 490 g/mol. The van der Waals surface area contributed by atoms with E-state index in [-0.39, 0.29) is 11.8 Å². The van der Waals surface area contributed by atoms with Crippen LogP contribution in [0.4, 0.5) is 11.4 Å². The quantitative estimate of drug-likeness (QED) is 0.331. The first-order valence-electron chi connectivity index (χ1n) is 12.2. The molecule has 2 N–H and O–H groups in total. The molecule has 0 fully saturated rings. The summed E-state index contributed by atoms with van der Waals surface area (Å²) in [7, 11) is 0. The van der Waals surface area contributed by atoms with Gasteiger partial charge in [-0.2, -0.15) is 0 Å². The zero-order valence-electron chi connectivity index (χ0n) is 21.5. The maximum atomic E-state index is 13.0. The average Bonchev–Trinajstić information content (AvgIpc) is 2.87. The van der Waals surface area contributed by atoms with Crippen LogP contribution in [-0.2, 0) is 4.79 Å². The van der Waals surface area contributed by atoms with Gasteiger partial charge in [0, 0.05) is 17.7 Å². The Kier molecular flexibility index (Phi) is 9.33. The number of carbonyl (C=O) groups excluding carboxylic acids is 2. The molecule has 3 aromatic carbocycles. The lowest BCUT2D eigenvalue weighted by molar-refractivity contribution is -0.122. The van der Waals surface area contributed by atoms with Crippen molar-refractivity contribution in [3.8, 4) is 17.2 Å². The van der Waals surface area contributed by atoms with Crippen molar-refractivity contribution in [3.05, 3.63) is 77.9 Å². The van der Waals surface area contributed by atoms with Crippen molar-refractivity contribution >= 4 is 23.2 Å². The Hall–Kier alpha value is -4.00. The molecular weight excluding hydrogens is 456 g/mol. The fourth-order valence-corrected chi connectivity index (χ4v) is 3.51. The summed E-state index contributed by atoms with van der Waals surface area (Å²) in [5, 5.41) is 5.75. The summed E-state index contributed by atoms with van der Waals surface area (Å²) >= 11 is 0. The number of rotatable bonds is 11. The summed E-state index contributed by atoms with van der Waals surface area (Å²) in [6.45, 7) is 10.4. The minimum Gasteiger partial charge on any atom is -0.492 e. The Balaban J connectivity index is 1.80.